The van der Waals surface area contributed by atoms with Gasteiger partial charge in [0.15, 0.2) is 0 Å². The van der Waals surface area contributed by atoms with Gasteiger partial charge in [-0.3, -0.25) is 9.59 Å². The lowest BCUT2D eigenvalue weighted by Crippen LogP contribution is -2.36. The van der Waals surface area contributed by atoms with E-state index in [4.69, 9.17) is 5.73 Å². The molecule has 2 amide bonds. The Morgan fingerprint density at radius 2 is 2.18 bits per heavy atom. The molecule has 5 nitrogen and oxygen atoms in total. The monoisotopic (exact) mass is 323 g/mol. The van der Waals surface area contributed by atoms with Crippen LogP contribution in [0.15, 0.2) is 18.2 Å². The second-order valence-corrected chi connectivity index (χ2v) is 6.09. The summed E-state index contributed by atoms with van der Waals surface area (Å²) in [5, 5.41) is 3.12. The van der Waals surface area contributed by atoms with E-state index in [1.54, 1.807) is 11.9 Å². The van der Waals surface area contributed by atoms with Crippen LogP contribution >= 0.6 is 12.4 Å². The molecule has 1 fully saturated rings. The Hall–Kier alpha value is -1.75. The smallest absolute Gasteiger partial charge is 0.225 e. The van der Waals surface area contributed by atoms with Gasteiger partial charge < -0.3 is 16.0 Å². The van der Waals surface area contributed by atoms with Crippen molar-refractivity contribution in [3.63, 3.8) is 0 Å². The van der Waals surface area contributed by atoms with Crippen molar-refractivity contribution < 1.29 is 9.59 Å². The molecule has 0 saturated carbocycles. The lowest BCUT2D eigenvalue weighted by molar-refractivity contribution is -0.128. The third-order valence-electron chi connectivity index (χ3n) is 4.51. The molecule has 0 spiro atoms. The first-order valence-electron chi connectivity index (χ1n) is 7.47. The molecule has 2 aliphatic rings. The summed E-state index contributed by atoms with van der Waals surface area (Å²) >= 11 is 0. The number of halogens is 1. The van der Waals surface area contributed by atoms with Gasteiger partial charge in [-0.2, -0.15) is 0 Å². The van der Waals surface area contributed by atoms with E-state index >= 15 is 0 Å². The first-order valence-corrected chi connectivity index (χ1v) is 7.47. The van der Waals surface area contributed by atoms with Gasteiger partial charge in [0.2, 0.25) is 11.8 Å². The van der Waals surface area contributed by atoms with Gasteiger partial charge in [0.1, 0.15) is 0 Å². The van der Waals surface area contributed by atoms with Gasteiger partial charge in [-0.15, -0.1) is 12.4 Å². The largest absolute Gasteiger partial charge is 0.399 e. The van der Waals surface area contributed by atoms with Gasteiger partial charge in [0.25, 0.3) is 0 Å². The van der Waals surface area contributed by atoms with Crippen molar-refractivity contribution in [1.29, 1.82) is 0 Å². The molecular weight excluding hydrogens is 302 g/mol. The number of anilines is 1. The number of carbonyl (C=O) groups excluding carboxylic acids is 2. The number of nitrogens with one attached hydrogen (secondary N) is 1. The molecule has 0 aromatic heterocycles. The maximum atomic E-state index is 12.4. The van der Waals surface area contributed by atoms with Gasteiger partial charge in [-0.25, -0.2) is 0 Å². The highest BCUT2D eigenvalue weighted by Crippen LogP contribution is 2.31. The van der Waals surface area contributed by atoms with Crippen molar-refractivity contribution in [2.24, 2.45) is 5.92 Å². The summed E-state index contributed by atoms with van der Waals surface area (Å²) in [7, 11) is 1.74. The molecule has 3 N–H and O–H groups in total. The Morgan fingerprint density at radius 1 is 1.41 bits per heavy atom. The number of nitrogens with two attached hydrogens (primary N) is 1. The van der Waals surface area contributed by atoms with E-state index in [1.807, 2.05) is 18.2 Å². The number of likely N-dealkylation sites (tertiary alicyclic amines) is 1. The maximum absolute atomic E-state index is 12.4. The zero-order chi connectivity index (χ0) is 15.0. The lowest BCUT2D eigenvalue weighted by atomic mass is 9.87. The number of amides is 2. The van der Waals surface area contributed by atoms with Gasteiger partial charge in [0.05, 0.1) is 12.0 Å². The Kier molecular flexibility index (Phi) is 4.96. The zero-order valence-electron chi connectivity index (χ0n) is 12.7. The number of hydrogen-bond acceptors (Lipinski definition) is 3. The average molecular weight is 324 g/mol. The summed E-state index contributed by atoms with van der Waals surface area (Å²) in [6, 6.07) is 5.94. The second-order valence-electron chi connectivity index (χ2n) is 6.09. The van der Waals surface area contributed by atoms with E-state index in [1.165, 1.54) is 11.1 Å². The lowest BCUT2D eigenvalue weighted by Gasteiger charge is -2.27. The van der Waals surface area contributed by atoms with Crippen molar-refractivity contribution in [3.05, 3.63) is 29.3 Å². The average Bonchev–Trinajstić information content (AvgIpc) is 2.79. The quantitative estimate of drug-likeness (QED) is 0.813. The first kappa shape index (κ1) is 16.6. The van der Waals surface area contributed by atoms with Crippen molar-refractivity contribution in [1.82, 2.24) is 10.2 Å². The van der Waals surface area contributed by atoms with Crippen molar-refractivity contribution >= 4 is 29.9 Å². The van der Waals surface area contributed by atoms with Gasteiger partial charge in [-0.1, -0.05) is 6.07 Å². The normalized spacial score (nSPS) is 23.7. The number of fused-ring (bicyclic) bond motifs is 1. The van der Waals surface area contributed by atoms with Crippen LogP contribution < -0.4 is 11.1 Å². The standard InChI is InChI=1S/C16H21N3O2.ClH/c1-19-9-11(8-15(19)20)16(21)18-14-4-2-3-10-7-12(17)5-6-13(10)14;/h5-7,11,14H,2-4,8-9,17H2,1H3,(H,18,21);1H. The third-order valence-corrected chi connectivity index (χ3v) is 4.51. The summed E-state index contributed by atoms with van der Waals surface area (Å²) in [6.45, 7) is 0.520. The highest BCUT2D eigenvalue weighted by molar-refractivity contribution is 5.89. The Balaban J connectivity index is 0.00000176. The predicted octanol–water partition coefficient (Wildman–Crippen LogP) is 1.66. The van der Waals surface area contributed by atoms with Crippen molar-refractivity contribution in [2.45, 2.75) is 31.7 Å². The third kappa shape index (κ3) is 3.19. The van der Waals surface area contributed by atoms with E-state index in [0.29, 0.717) is 13.0 Å². The molecule has 22 heavy (non-hydrogen) atoms. The molecule has 0 bridgehead atoms. The van der Waals surface area contributed by atoms with E-state index in [0.717, 1.165) is 24.9 Å². The predicted molar refractivity (Wildman–Crippen MR) is 87.7 cm³/mol. The molecule has 1 aliphatic carbocycles. The van der Waals surface area contributed by atoms with Crippen molar-refractivity contribution in [3.8, 4) is 0 Å². The fourth-order valence-electron chi connectivity index (χ4n) is 3.31. The number of nitrogens with zero attached hydrogens (tertiary/aromatic N) is 1. The molecular formula is C16H22ClN3O2. The Morgan fingerprint density at radius 3 is 2.86 bits per heavy atom. The molecule has 1 aromatic carbocycles. The number of nitrogen functional groups attached to an aromatic ring is 1. The minimum absolute atomic E-state index is 0. The molecule has 0 radical (unpaired) electrons. The summed E-state index contributed by atoms with van der Waals surface area (Å²) in [4.78, 5) is 25.5. The van der Waals surface area contributed by atoms with E-state index in [-0.39, 0.29) is 36.2 Å². The number of rotatable bonds is 2. The Labute approximate surface area is 136 Å². The van der Waals surface area contributed by atoms with Gasteiger partial charge >= 0.3 is 0 Å². The summed E-state index contributed by atoms with van der Waals surface area (Å²) < 4.78 is 0. The molecule has 1 saturated heterocycles. The van der Waals surface area contributed by atoms with Crippen LogP contribution in [0.4, 0.5) is 5.69 Å². The SMILES string of the molecule is CN1CC(C(=O)NC2CCCc3cc(N)ccc32)CC1=O.Cl. The Bertz CT molecular complexity index is 591. The summed E-state index contributed by atoms with van der Waals surface area (Å²) in [6.07, 6.45) is 3.32. The van der Waals surface area contributed by atoms with Crippen LogP contribution in [0.2, 0.25) is 0 Å². The molecule has 120 valence electrons. The highest BCUT2D eigenvalue weighted by Gasteiger charge is 2.33. The number of benzene rings is 1. The van der Waals surface area contributed by atoms with Gasteiger partial charge in [0, 0.05) is 25.7 Å². The fraction of sp³-hybridized carbons (Fsp3) is 0.500. The summed E-state index contributed by atoms with van der Waals surface area (Å²) in [5.41, 5.74) is 8.99. The summed E-state index contributed by atoms with van der Waals surface area (Å²) in [5.74, 6) is -0.184. The van der Waals surface area contributed by atoms with Crippen LogP contribution in [0.25, 0.3) is 0 Å². The number of carbonyl (C=O) groups is 2. The van der Waals surface area contributed by atoms with Crippen LogP contribution in [-0.2, 0) is 16.0 Å². The first-order chi connectivity index (χ1) is 10.0. The molecule has 2 atom stereocenters. The van der Waals surface area contributed by atoms with E-state index in [2.05, 4.69) is 5.32 Å². The molecule has 3 rings (SSSR count). The van der Waals surface area contributed by atoms with Crippen LogP contribution in [-0.4, -0.2) is 30.3 Å². The van der Waals surface area contributed by atoms with Crippen LogP contribution in [0.1, 0.15) is 36.4 Å². The number of hydrogen-bond donors (Lipinski definition) is 2. The van der Waals surface area contributed by atoms with Crippen LogP contribution in [0, 0.1) is 5.92 Å². The molecule has 1 heterocycles. The molecule has 1 aliphatic heterocycles. The fourth-order valence-corrected chi connectivity index (χ4v) is 3.31. The minimum atomic E-state index is -0.221. The number of aryl methyl sites for hydroxylation is 1. The highest BCUT2D eigenvalue weighted by atomic mass is 35.5. The van der Waals surface area contributed by atoms with Crippen molar-refractivity contribution in [2.75, 3.05) is 19.3 Å². The van der Waals surface area contributed by atoms with E-state index < -0.39 is 0 Å². The minimum Gasteiger partial charge on any atom is -0.399 e. The van der Waals surface area contributed by atoms with E-state index in [9.17, 15) is 9.59 Å². The molecule has 1 aromatic rings. The second kappa shape index (κ2) is 6.57. The maximum Gasteiger partial charge on any atom is 0.225 e. The topological polar surface area (TPSA) is 75.4 Å². The molecule has 2 unspecified atom stereocenters. The molecule has 6 heteroatoms. The zero-order valence-corrected chi connectivity index (χ0v) is 13.5. The van der Waals surface area contributed by atoms with Crippen LogP contribution in [0.3, 0.4) is 0 Å². The van der Waals surface area contributed by atoms with Gasteiger partial charge in [-0.05, 0) is 42.5 Å². The van der Waals surface area contributed by atoms with Crippen LogP contribution in [0.5, 0.6) is 0 Å².